The predicted octanol–water partition coefficient (Wildman–Crippen LogP) is 2.11. The summed E-state index contributed by atoms with van der Waals surface area (Å²) >= 11 is 0. The minimum absolute atomic E-state index is 0.270. The topological polar surface area (TPSA) is 35.7 Å². The maximum absolute atomic E-state index is 13.0. The Labute approximate surface area is 155 Å². The third-order valence-electron chi connectivity index (χ3n) is 6.00. The standard InChI is InChI=1S/C22H28N2O2/c1-16-12-21(17(2)24(16)14-20-8-5-11-26-20)22(25)15-23-10-9-18-6-3-4-7-19(18)13-23/h3-4,6-7,12,20H,5,8-11,13-15H2,1-2H3/p+1/t20-/m1/s1. The van der Waals surface area contributed by atoms with E-state index in [1.165, 1.54) is 21.7 Å². The highest BCUT2D eigenvalue weighted by molar-refractivity contribution is 5.98. The lowest BCUT2D eigenvalue weighted by Crippen LogP contribution is -3.12. The van der Waals surface area contributed by atoms with Crippen molar-refractivity contribution in [2.75, 3.05) is 19.7 Å². The summed E-state index contributed by atoms with van der Waals surface area (Å²) in [7, 11) is 0. The summed E-state index contributed by atoms with van der Waals surface area (Å²) in [5.74, 6) is 0.270. The van der Waals surface area contributed by atoms with E-state index in [1.54, 1.807) is 0 Å². The number of nitrogens with one attached hydrogen (secondary N) is 1. The number of ketones is 1. The molecular formula is C22H29N2O2+. The summed E-state index contributed by atoms with van der Waals surface area (Å²) in [6.07, 6.45) is 3.64. The highest BCUT2D eigenvalue weighted by Crippen LogP contribution is 2.20. The van der Waals surface area contributed by atoms with E-state index < -0.39 is 0 Å². The van der Waals surface area contributed by atoms with Gasteiger partial charge in [-0.2, -0.15) is 0 Å². The second-order valence-corrected chi connectivity index (χ2v) is 7.83. The molecule has 138 valence electrons. The molecule has 2 aromatic rings. The predicted molar refractivity (Wildman–Crippen MR) is 102 cm³/mol. The van der Waals surface area contributed by atoms with Crippen molar-refractivity contribution in [1.82, 2.24) is 4.57 Å². The highest BCUT2D eigenvalue weighted by atomic mass is 16.5. The van der Waals surface area contributed by atoms with Gasteiger partial charge in [0.15, 0.2) is 0 Å². The number of aryl methyl sites for hydroxylation is 1. The number of ether oxygens (including phenoxy) is 1. The van der Waals surface area contributed by atoms with E-state index in [0.717, 1.165) is 56.8 Å². The number of Topliss-reactive ketones (excluding diaryl/α,β-unsaturated/α-hetero) is 1. The van der Waals surface area contributed by atoms with Crippen LogP contribution in [-0.2, 0) is 24.2 Å². The molecule has 0 bridgehead atoms. The van der Waals surface area contributed by atoms with Crippen molar-refractivity contribution in [3.8, 4) is 0 Å². The molecule has 1 N–H and O–H groups in total. The number of nitrogens with zero attached hydrogens (tertiary/aromatic N) is 1. The Morgan fingerprint density at radius 3 is 2.85 bits per heavy atom. The third kappa shape index (κ3) is 3.49. The molecule has 1 unspecified atom stereocenters. The van der Waals surface area contributed by atoms with Gasteiger partial charge in [-0.05, 0) is 38.3 Å². The maximum Gasteiger partial charge on any atom is 0.218 e. The van der Waals surface area contributed by atoms with Gasteiger partial charge in [0.25, 0.3) is 0 Å². The smallest absolute Gasteiger partial charge is 0.218 e. The van der Waals surface area contributed by atoms with Crippen molar-refractivity contribution in [3.63, 3.8) is 0 Å². The molecule has 0 spiro atoms. The lowest BCUT2D eigenvalue weighted by molar-refractivity contribution is -0.907. The van der Waals surface area contributed by atoms with Crippen LogP contribution in [0.15, 0.2) is 30.3 Å². The Morgan fingerprint density at radius 1 is 1.27 bits per heavy atom. The van der Waals surface area contributed by atoms with E-state index in [2.05, 4.69) is 48.7 Å². The molecule has 2 aliphatic rings. The summed E-state index contributed by atoms with van der Waals surface area (Å²) in [5.41, 5.74) is 6.00. The van der Waals surface area contributed by atoms with Crippen LogP contribution in [0, 0.1) is 13.8 Å². The molecule has 0 aliphatic carbocycles. The first-order valence-electron chi connectivity index (χ1n) is 9.83. The first kappa shape index (κ1) is 17.5. The number of carbonyl (C=O) groups excluding carboxylic acids is 1. The number of rotatable bonds is 5. The Kier molecular flexibility index (Phi) is 4.96. The summed E-state index contributed by atoms with van der Waals surface area (Å²) in [5, 5.41) is 0. The summed E-state index contributed by atoms with van der Waals surface area (Å²) in [4.78, 5) is 14.4. The van der Waals surface area contributed by atoms with Crippen molar-refractivity contribution < 1.29 is 14.4 Å². The number of hydrogen-bond donors (Lipinski definition) is 1. The Hall–Kier alpha value is -1.91. The Balaban J connectivity index is 1.45. The fraction of sp³-hybridized carbons (Fsp3) is 0.500. The normalized spacial score (nSPS) is 22.4. The molecule has 0 amide bonds. The first-order chi connectivity index (χ1) is 12.6. The number of carbonyl (C=O) groups is 1. The molecule has 0 radical (unpaired) electrons. The van der Waals surface area contributed by atoms with Gasteiger partial charge < -0.3 is 14.2 Å². The van der Waals surface area contributed by atoms with Gasteiger partial charge in [-0.3, -0.25) is 4.79 Å². The molecule has 26 heavy (non-hydrogen) atoms. The van der Waals surface area contributed by atoms with Crippen molar-refractivity contribution in [2.45, 2.75) is 52.3 Å². The monoisotopic (exact) mass is 353 g/mol. The first-order valence-corrected chi connectivity index (χ1v) is 9.83. The van der Waals surface area contributed by atoms with E-state index in [0.29, 0.717) is 12.6 Å². The van der Waals surface area contributed by atoms with Crippen LogP contribution in [0.2, 0.25) is 0 Å². The van der Waals surface area contributed by atoms with Crippen LogP contribution in [0.5, 0.6) is 0 Å². The van der Waals surface area contributed by atoms with Crippen LogP contribution in [0.4, 0.5) is 0 Å². The van der Waals surface area contributed by atoms with E-state index >= 15 is 0 Å². The number of aromatic nitrogens is 1. The molecule has 1 aromatic carbocycles. The number of quaternary nitrogens is 1. The molecule has 1 aromatic heterocycles. The molecule has 4 rings (SSSR count). The fourth-order valence-corrected chi connectivity index (χ4v) is 4.47. The van der Waals surface area contributed by atoms with Gasteiger partial charge in [0.05, 0.1) is 12.6 Å². The van der Waals surface area contributed by atoms with Crippen molar-refractivity contribution >= 4 is 5.78 Å². The third-order valence-corrected chi connectivity index (χ3v) is 6.00. The van der Waals surface area contributed by atoms with Gasteiger partial charge in [-0.25, -0.2) is 0 Å². The van der Waals surface area contributed by atoms with Gasteiger partial charge in [-0.1, -0.05) is 24.3 Å². The Morgan fingerprint density at radius 2 is 2.08 bits per heavy atom. The number of benzene rings is 1. The maximum atomic E-state index is 13.0. The zero-order valence-corrected chi connectivity index (χ0v) is 15.9. The van der Waals surface area contributed by atoms with Gasteiger partial charge in [0, 0.05) is 42.1 Å². The number of fused-ring (bicyclic) bond motifs is 1. The van der Waals surface area contributed by atoms with E-state index in [1.807, 2.05) is 0 Å². The van der Waals surface area contributed by atoms with Crippen LogP contribution in [0.3, 0.4) is 0 Å². The molecular weight excluding hydrogens is 324 g/mol. The minimum atomic E-state index is 0.270. The van der Waals surface area contributed by atoms with Crippen LogP contribution < -0.4 is 4.90 Å². The van der Waals surface area contributed by atoms with Gasteiger partial charge in [0.1, 0.15) is 13.1 Å². The fourth-order valence-electron chi connectivity index (χ4n) is 4.47. The van der Waals surface area contributed by atoms with Crippen LogP contribution in [-0.4, -0.2) is 36.2 Å². The summed E-state index contributed by atoms with van der Waals surface area (Å²) < 4.78 is 8.05. The van der Waals surface area contributed by atoms with Crippen LogP contribution in [0.25, 0.3) is 0 Å². The molecule has 1 fully saturated rings. The SMILES string of the molecule is Cc1cc(C(=O)C[NH+]2CCc3ccccc3C2)c(C)n1C[C@H]1CCCO1. The van der Waals surface area contributed by atoms with Crippen molar-refractivity contribution in [1.29, 1.82) is 0 Å². The molecule has 0 saturated carbocycles. The minimum Gasteiger partial charge on any atom is -0.376 e. The quantitative estimate of drug-likeness (QED) is 0.836. The molecule has 2 aliphatic heterocycles. The van der Waals surface area contributed by atoms with Gasteiger partial charge in [-0.15, -0.1) is 0 Å². The van der Waals surface area contributed by atoms with Gasteiger partial charge >= 0.3 is 0 Å². The van der Waals surface area contributed by atoms with Crippen molar-refractivity contribution in [3.05, 3.63) is 58.4 Å². The van der Waals surface area contributed by atoms with Crippen LogP contribution >= 0.6 is 0 Å². The zero-order valence-electron chi connectivity index (χ0n) is 15.9. The Bertz CT molecular complexity index is 802. The van der Waals surface area contributed by atoms with E-state index in [-0.39, 0.29) is 5.78 Å². The molecule has 1 saturated heterocycles. The summed E-state index contributed by atoms with van der Waals surface area (Å²) in [6.45, 7) is 8.50. The molecule has 4 heteroatoms. The second kappa shape index (κ2) is 7.37. The van der Waals surface area contributed by atoms with E-state index in [4.69, 9.17) is 4.74 Å². The van der Waals surface area contributed by atoms with Crippen molar-refractivity contribution in [2.24, 2.45) is 0 Å². The highest BCUT2D eigenvalue weighted by Gasteiger charge is 2.25. The number of hydrogen-bond acceptors (Lipinski definition) is 2. The lowest BCUT2D eigenvalue weighted by Gasteiger charge is -2.25. The largest absolute Gasteiger partial charge is 0.376 e. The van der Waals surface area contributed by atoms with E-state index in [9.17, 15) is 4.79 Å². The molecule has 4 nitrogen and oxygen atoms in total. The molecule has 2 atom stereocenters. The second-order valence-electron chi connectivity index (χ2n) is 7.83. The van der Waals surface area contributed by atoms with Gasteiger partial charge in [0.2, 0.25) is 5.78 Å². The summed E-state index contributed by atoms with van der Waals surface area (Å²) in [6, 6.07) is 10.7. The average molecular weight is 353 g/mol. The zero-order chi connectivity index (χ0) is 18.1. The molecule has 3 heterocycles. The lowest BCUT2D eigenvalue weighted by atomic mass is 9.99. The average Bonchev–Trinajstić information content (AvgIpc) is 3.25. The van der Waals surface area contributed by atoms with Crippen LogP contribution in [0.1, 0.15) is 45.7 Å².